The Morgan fingerprint density at radius 2 is 0.558 bits per heavy atom. The number of hydrogen-bond acceptors (Lipinski definition) is 12. The monoisotopic (exact) mass is 1580 g/mol. The maximum atomic E-state index is 13.5. The number of carbonyl (C=O) groups excluding carboxylic acids is 4. The van der Waals surface area contributed by atoms with Gasteiger partial charge in [-0.2, -0.15) is 17.2 Å². The third-order valence-corrected chi connectivity index (χ3v) is 26.1. The number of hydrogen-bond donors (Lipinski definition) is 4. The van der Waals surface area contributed by atoms with E-state index in [-0.39, 0.29) is 79.2 Å². The molecule has 0 saturated carbocycles. The number of sulfonamides is 4. The Morgan fingerprint density at radius 3 is 0.837 bits per heavy atom. The molecule has 8 aromatic rings. The van der Waals surface area contributed by atoms with E-state index in [9.17, 15) is 70.4 Å². The first-order valence-electron chi connectivity index (χ1n) is 32.8. The molecule has 4 aliphatic rings. The maximum Gasteiger partial charge on any atom is 0.243 e. The Balaban J connectivity index is 0.000000161. The van der Waals surface area contributed by atoms with E-state index in [1.165, 1.54) is 77.9 Å². The first-order chi connectivity index (χ1) is 49.5. The minimum Gasteiger partial charge on any atom is -0.326 e. The zero-order valence-corrected chi connectivity index (χ0v) is 61.7. The zero-order chi connectivity index (χ0) is 74.9. The second kappa shape index (κ2) is 36.4. The van der Waals surface area contributed by atoms with Crippen LogP contribution in [0.4, 0.5) is 40.3 Å². The SMILES string of the molecule is O=C(Nc1ccc(Cl)c(Cl)c1)[C@H]1CCCN(S(=O)(=O)c2ccccc2)C1.O=C(Nc1ccc(Cl)c(F)c1)[C@H]1CCCN(S(=O)(=O)c2ccccc2)C1.O=C(Nc1ccc(F)c(Cl)c1)[C@H]1CCCN(S(=O)(=O)c2ccccc2)C1.O=C(Nc1ccc(F)c(F)c1)[C@H]1CCCN(S(=O)(=O)c2ccccc2)C1. The maximum absolute atomic E-state index is 13.5. The molecule has 0 bridgehead atoms. The second-order valence-corrected chi connectivity index (χ2v) is 33.9. The topological polar surface area (TPSA) is 266 Å². The third-order valence-electron chi connectivity index (χ3n) is 17.3. The summed E-state index contributed by atoms with van der Waals surface area (Å²) in [4.78, 5) is 50.8. The summed E-state index contributed by atoms with van der Waals surface area (Å²) in [5.74, 6) is -6.48. The van der Waals surface area contributed by atoms with E-state index >= 15 is 0 Å². The third kappa shape index (κ3) is 21.2. The predicted octanol–water partition coefficient (Wildman–Crippen LogP) is 14.1. The Labute approximate surface area is 621 Å². The highest BCUT2D eigenvalue weighted by atomic mass is 35.5. The van der Waals surface area contributed by atoms with E-state index < -0.39 is 92.9 Å². The smallest absolute Gasteiger partial charge is 0.243 e. The number of halogens is 8. The summed E-state index contributed by atoms with van der Waals surface area (Å²) >= 11 is 23.2. The minimum atomic E-state index is -3.67. The largest absolute Gasteiger partial charge is 0.326 e. The van der Waals surface area contributed by atoms with Gasteiger partial charge < -0.3 is 21.3 Å². The molecule has 8 aromatic carbocycles. The van der Waals surface area contributed by atoms with Gasteiger partial charge in [0.05, 0.1) is 63.3 Å². The van der Waals surface area contributed by atoms with E-state index in [0.29, 0.717) is 105 Å². The summed E-state index contributed by atoms with van der Waals surface area (Å²) in [6.45, 7) is 1.91. The number of carbonyl (C=O) groups is 4. The molecule has 104 heavy (non-hydrogen) atoms. The number of nitrogens with one attached hydrogen (secondary N) is 4. The van der Waals surface area contributed by atoms with Gasteiger partial charge in [0.25, 0.3) is 0 Å². The van der Waals surface area contributed by atoms with Gasteiger partial charge in [-0.25, -0.2) is 51.2 Å². The van der Waals surface area contributed by atoms with Crippen LogP contribution in [-0.2, 0) is 59.3 Å². The van der Waals surface area contributed by atoms with Gasteiger partial charge in [0, 0.05) is 81.2 Å². The van der Waals surface area contributed by atoms with E-state index in [4.69, 9.17) is 46.4 Å². The molecule has 4 N–H and O–H groups in total. The van der Waals surface area contributed by atoms with Crippen LogP contribution < -0.4 is 21.3 Å². The molecule has 4 amide bonds. The zero-order valence-electron chi connectivity index (χ0n) is 55.4. The summed E-state index contributed by atoms with van der Waals surface area (Å²) in [5, 5.41) is 11.3. The first-order valence-corrected chi connectivity index (χ1v) is 40.0. The molecule has 4 fully saturated rings. The van der Waals surface area contributed by atoms with Gasteiger partial charge in [-0.15, -0.1) is 0 Å². The highest BCUT2D eigenvalue weighted by Gasteiger charge is 2.38. The van der Waals surface area contributed by atoms with Gasteiger partial charge in [-0.05, 0) is 167 Å². The average Bonchev–Trinajstić information content (AvgIpc) is 0.813. The number of benzene rings is 8. The van der Waals surface area contributed by atoms with E-state index in [1.807, 2.05) is 0 Å². The quantitative estimate of drug-likeness (QED) is 0.0658. The lowest BCUT2D eigenvalue weighted by Crippen LogP contribution is -2.43. The number of anilines is 4. The lowest BCUT2D eigenvalue weighted by atomic mass is 9.98. The molecule has 32 heteroatoms. The molecular weight excluding hydrogens is 1510 g/mol. The van der Waals surface area contributed by atoms with Crippen molar-refractivity contribution in [2.45, 2.75) is 70.9 Å². The molecular formula is C72H72Cl4F4N8O12S4. The van der Waals surface area contributed by atoms with Crippen LogP contribution in [0.5, 0.6) is 0 Å². The fourth-order valence-corrected chi connectivity index (χ4v) is 18.5. The molecule has 552 valence electrons. The Morgan fingerprint density at radius 1 is 0.298 bits per heavy atom. The van der Waals surface area contributed by atoms with Crippen LogP contribution in [0.1, 0.15) is 51.4 Å². The molecule has 0 spiro atoms. The molecule has 0 aromatic heterocycles. The first kappa shape index (κ1) is 80.3. The van der Waals surface area contributed by atoms with Crippen molar-refractivity contribution in [1.29, 1.82) is 0 Å². The van der Waals surface area contributed by atoms with Crippen molar-refractivity contribution in [2.24, 2.45) is 23.7 Å². The van der Waals surface area contributed by atoms with Crippen molar-refractivity contribution >= 4 is 133 Å². The van der Waals surface area contributed by atoms with Crippen molar-refractivity contribution in [3.8, 4) is 0 Å². The molecule has 4 saturated heterocycles. The number of rotatable bonds is 16. The van der Waals surface area contributed by atoms with E-state index in [2.05, 4.69) is 21.3 Å². The van der Waals surface area contributed by atoms with Crippen molar-refractivity contribution in [1.82, 2.24) is 17.2 Å². The lowest BCUT2D eigenvalue weighted by Gasteiger charge is -2.31. The van der Waals surface area contributed by atoms with Gasteiger partial charge in [0.2, 0.25) is 63.7 Å². The molecule has 20 nitrogen and oxygen atoms in total. The van der Waals surface area contributed by atoms with Gasteiger partial charge in [-0.1, -0.05) is 119 Å². The predicted molar refractivity (Wildman–Crippen MR) is 392 cm³/mol. The molecule has 12 rings (SSSR count). The number of amides is 4. The second-order valence-electron chi connectivity index (χ2n) is 24.5. The molecule has 4 atom stereocenters. The van der Waals surface area contributed by atoms with Crippen LogP contribution in [0.2, 0.25) is 20.1 Å². The fraction of sp³-hybridized carbons (Fsp3) is 0.278. The number of piperidine rings is 4. The summed E-state index contributed by atoms with van der Waals surface area (Å²) in [7, 11) is -14.5. The molecule has 4 heterocycles. The normalized spacial score (nSPS) is 18.5. The molecule has 0 unspecified atom stereocenters. The molecule has 0 aliphatic carbocycles. The summed E-state index contributed by atoms with van der Waals surface area (Å²) < 4.78 is 160. The van der Waals surface area contributed by atoms with E-state index in [0.717, 1.165) is 18.2 Å². The van der Waals surface area contributed by atoms with Crippen molar-refractivity contribution in [3.63, 3.8) is 0 Å². The Hall–Kier alpha value is -7.84. The van der Waals surface area contributed by atoms with Crippen LogP contribution >= 0.6 is 46.4 Å². The van der Waals surface area contributed by atoms with E-state index in [1.54, 1.807) is 115 Å². The van der Waals surface area contributed by atoms with Crippen LogP contribution in [0, 0.1) is 46.9 Å². The van der Waals surface area contributed by atoms with Crippen LogP contribution in [0.15, 0.2) is 214 Å². The van der Waals surface area contributed by atoms with Gasteiger partial charge in [0.15, 0.2) is 11.6 Å². The minimum absolute atomic E-state index is 0.0270. The highest BCUT2D eigenvalue weighted by Crippen LogP contribution is 2.32. The van der Waals surface area contributed by atoms with Crippen molar-refractivity contribution in [3.05, 3.63) is 237 Å². The van der Waals surface area contributed by atoms with Crippen molar-refractivity contribution in [2.75, 3.05) is 73.6 Å². The van der Waals surface area contributed by atoms with Gasteiger partial charge in [-0.3, -0.25) is 19.2 Å². The summed E-state index contributed by atoms with van der Waals surface area (Å²) in [5.41, 5.74) is 1.34. The number of nitrogens with zero attached hydrogens (tertiary/aromatic N) is 4. The standard InChI is InChI=1S/C18H18Cl2N2O3S.2C18H18ClFN2O3S.C18H18F2N2O3S/c19-16-9-8-14(11-17(16)20)21-18(23)13-5-4-10-22(12-13)26(24,25)15-6-2-1-3-7-15;19-16-11-14(8-9-17(16)20)21-18(23)13-5-4-10-22(12-13)26(24,25)15-6-2-1-3-7-15;2*19-16-9-8-14(11-17(16)20)21-18(23)13-5-4-10-22(12-13)26(24,25)15-6-2-1-3-7-15/h4*1-3,6-9,11,13H,4-5,10,12H2,(H,21,23)/t4*13-/m0000/s1. The Kier molecular flexibility index (Phi) is 28.1. The summed E-state index contributed by atoms with van der Waals surface area (Å²) in [6, 6.07) is 48.5. The average molecular weight is 1590 g/mol. The molecule has 4 aliphatic heterocycles. The highest BCUT2D eigenvalue weighted by molar-refractivity contribution is 7.90. The van der Waals surface area contributed by atoms with Gasteiger partial charge in [0.1, 0.15) is 11.6 Å². The fourth-order valence-electron chi connectivity index (χ4n) is 11.7. The lowest BCUT2D eigenvalue weighted by molar-refractivity contribution is -0.121. The van der Waals surface area contributed by atoms with Crippen LogP contribution in [-0.4, -0.2) is 127 Å². The van der Waals surface area contributed by atoms with Crippen LogP contribution in [0.3, 0.4) is 0 Å². The van der Waals surface area contributed by atoms with Crippen molar-refractivity contribution < 1.29 is 70.4 Å². The molecule has 0 radical (unpaired) electrons. The van der Waals surface area contributed by atoms with Crippen LogP contribution in [0.25, 0.3) is 0 Å². The van der Waals surface area contributed by atoms with Gasteiger partial charge >= 0.3 is 0 Å². The Bertz CT molecular complexity index is 4230. The summed E-state index contributed by atoms with van der Waals surface area (Å²) in [6.07, 6.45) is 4.66.